The van der Waals surface area contributed by atoms with Gasteiger partial charge in [0.25, 0.3) is 5.92 Å². The molecule has 2 rings (SSSR count). The van der Waals surface area contributed by atoms with Gasteiger partial charge in [0.15, 0.2) is 0 Å². The highest BCUT2D eigenvalue weighted by Gasteiger charge is 2.34. The number of hydrogen-bond donors (Lipinski definition) is 1. The van der Waals surface area contributed by atoms with Crippen LogP contribution in [0.1, 0.15) is 18.4 Å². The molecule has 1 aliphatic heterocycles. The zero-order valence-electron chi connectivity index (χ0n) is 11.7. The standard InChI is InChI=1S/C15H21F2NO2/c1-12-2-4-14(5-3-12)20-11-13(19)10-18-8-6-15(16,17)7-9-18/h2-5,13,19H,6-11H2,1H3/t13-/m1/s1. The highest BCUT2D eigenvalue weighted by atomic mass is 19.3. The van der Waals surface area contributed by atoms with Gasteiger partial charge in [-0.1, -0.05) is 17.7 Å². The van der Waals surface area contributed by atoms with Gasteiger partial charge in [0.05, 0.1) is 0 Å². The maximum Gasteiger partial charge on any atom is 0.250 e. The zero-order valence-corrected chi connectivity index (χ0v) is 11.7. The number of piperidine rings is 1. The van der Waals surface area contributed by atoms with E-state index in [-0.39, 0.29) is 19.4 Å². The van der Waals surface area contributed by atoms with Crippen molar-refractivity contribution in [3.8, 4) is 5.75 Å². The Morgan fingerprint density at radius 1 is 1.25 bits per heavy atom. The normalized spacial score (nSPS) is 20.6. The van der Waals surface area contributed by atoms with Crippen LogP contribution in [0.25, 0.3) is 0 Å². The highest BCUT2D eigenvalue weighted by Crippen LogP contribution is 2.27. The van der Waals surface area contributed by atoms with Crippen molar-refractivity contribution in [2.75, 3.05) is 26.2 Å². The molecule has 1 aromatic rings. The molecule has 1 atom stereocenters. The fourth-order valence-corrected chi connectivity index (χ4v) is 2.24. The van der Waals surface area contributed by atoms with Gasteiger partial charge < -0.3 is 14.7 Å². The van der Waals surface area contributed by atoms with Crippen LogP contribution in [0.4, 0.5) is 8.78 Å². The monoisotopic (exact) mass is 285 g/mol. The molecule has 0 aliphatic carbocycles. The van der Waals surface area contributed by atoms with E-state index in [0.29, 0.717) is 25.4 Å². The number of β-amino-alcohol motifs (C(OH)–C–C–N with tert-alkyl or cyclic N) is 1. The minimum absolute atomic E-state index is 0.126. The predicted molar refractivity (Wildman–Crippen MR) is 73.3 cm³/mol. The smallest absolute Gasteiger partial charge is 0.250 e. The van der Waals surface area contributed by atoms with E-state index in [1.165, 1.54) is 0 Å². The number of nitrogens with zero attached hydrogens (tertiary/aromatic N) is 1. The molecule has 0 spiro atoms. The van der Waals surface area contributed by atoms with Gasteiger partial charge in [0.1, 0.15) is 18.5 Å². The second kappa shape index (κ2) is 6.50. The predicted octanol–water partition coefficient (Wildman–Crippen LogP) is 2.47. The third-order valence-corrected chi connectivity index (χ3v) is 3.52. The molecule has 112 valence electrons. The molecule has 20 heavy (non-hydrogen) atoms. The van der Waals surface area contributed by atoms with Gasteiger partial charge in [-0.25, -0.2) is 8.78 Å². The average Bonchev–Trinajstić information content (AvgIpc) is 2.41. The summed E-state index contributed by atoms with van der Waals surface area (Å²) in [5.41, 5.74) is 1.15. The van der Waals surface area contributed by atoms with Crippen molar-refractivity contribution >= 4 is 0 Å². The van der Waals surface area contributed by atoms with Gasteiger partial charge in [-0.05, 0) is 19.1 Å². The average molecular weight is 285 g/mol. The molecule has 0 amide bonds. The molecule has 0 bridgehead atoms. The van der Waals surface area contributed by atoms with Gasteiger partial charge >= 0.3 is 0 Å². The van der Waals surface area contributed by atoms with Crippen molar-refractivity contribution in [2.24, 2.45) is 0 Å². The Labute approximate surface area is 118 Å². The van der Waals surface area contributed by atoms with E-state index in [2.05, 4.69) is 0 Å². The molecule has 0 saturated carbocycles. The van der Waals surface area contributed by atoms with Gasteiger partial charge in [0, 0.05) is 32.5 Å². The molecule has 1 aliphatic rings. The van der Waals surface area contributed by atoms with Crippen LogP contribution in [0.2, 0.25) is 0 Å². The first-order valence-electron chi connectivity index (χ1n) is 6.92. The van der Waals surface area contributed by atoms with E-state index >= 15 is 0 Å². The van der Waals surface area contributed by atoms with Gasteiger partial charge in [-0.3, -0.25) is 0 Å². The van der Waals surface area contributed by atoms with Crippen LogP contribution in [0.3, 0.4) is 0 Å². The Bertz CT molecular complexity index is 412. The van der Waals surface area contributed by atoms with Gasteiger partial charge in [-0.2, -0.15) is 0 Å². The Hall–Kier alpha value is -1.20. The number of aliphatic hydroxyl groups excluding tert-OH is 1. The Morgan fingerprint density at radius 2 is 1.85 bits per heavy atom. The molecule has 1 heterocycles. The second-order valence-corrected chi connectivity index (χ2v) is 5.43. The number of alkyl halides is 2. The van der Waals surface area contributed by atoms with Crippen molar-refractivity contribution in [2.45, 2.75) is 31.8 Å². The minimum atomic E-state index is -2.54. The van der Waals surface area contributed by atoms with Crippen LogP contribution in [0, 0.1) is 6.92 Å². The lowest BCUT2D eigenvalue weighted by atomic mass is 10.1. The number of halogens is 2. The van der Waals surface area contributed by atoms with Crippen LogP contribution >= 0.6 is 0 Å². The molecule has 1 fully saturated rings. The highest BCUT2D eigenvalue weighted by molar-refractivity contribution is 5.26. The number of aryl methyl sites for hydroxylation is 1. The lowest BCUT2D eigenvalue weighted by molar-refractivity contribution is -0.0628. The first-order chi connectivity index (χ1) is 9.44. The summed E-state index contributed by atoms with van der Waals surface area (Å²) in [5, 5.41) is 9.89. The van der Waals surface area contributed by atoms with Crippen molar-refractivity contribution in [3.63, 3.8) is 0 Å². The fourth-order valence-electron chi connectivity index (χ4n) is 2.24. The number of rotatable bonds is 5. The maximum atomic E-state index is 13.0. The Balaban J connectivity index is 1.70. The molecule has 3 nitrogen and oxygen atoms in total. The van der Waals surface area contributed by atoms with Crippen molar-refractivity contribution in [3.05, 3.63) is 29.8 Å². The summed E-state index contributed by atoms with van der Waals surface area (Å²) in [6.07, 6.45) is -0.917. The Kier molecular flexibility index (Phi) is 4.94. The van der Waals surface area contributed by atoms with Crippen molar-refractivity contribution < 1.29 is 18.6 Å². The summed E-state index contributed by atoms with van der Waals surface area (Å²) in [7, 11) is 0. The molecule has 1 N–H and O–H groups in total. The molecule has 5 heteroatoms. The molecule has 0 radical (unpaired) electrons. The number of hydrogen-bond acceptors (Lipinski definition) is 3. The van der Waals surface area contributed by atoms with Crippen molar-refractivity contribution in [1.29, 1.82) is 0 Å². The van der Waals surface area contributed by atoms with Crippen molar-refractivity contribution in [1.82, 2.24) is 4.90 Å². The first-order valence-corrected chi connectivity index (χ1v) is 6.92. The van der Waals surface area contributed by atoms with E-state index in [0.717, 1.165) is 5.56 Å². The summed E-state index contributed by atoms with van der Waals surface area (Å²) in [6, 6.07) is 7.58. The quantitative estimate of drug-likeness (QED) is 0.902. The van der Waals surface area contributed by atoms with E-state index in [4.69, 9.17) is 4.74 Å². The van der Waals surface area contributed by atoms with Gasteiger partial charge in [-0.15, -0.1) is 0 Å². The summed E-state index contributed by atoms with van der Waals surface area (Å²) in [5.74, 6) is -1.83. The van der Waals surface area contributed by atoms with E-state index in [9.17, 15) is 13.9 Å². The lowest BCUT2D eigenvalue weighted by Crippen LogP contribution is -2.44. The van der Waals surface area contributed by atoms with Gasteiger partial charge in [0.2, 0.25) is 0 Å². The first kappa shape index (κ1) is 15.2. The molecule has 1 saturated heterocycles. The lowest BCUT2D eigenvalue weighted by Gasteiger charge is -2.32. The summed E-state index contributed by atoms with van der Waals surface area (Å²) < 4.78 is 31.5. The second-order valence-electron chi connectivity index (χ2n) is 5.43. The van der Waals surface area contributed by atoms with E-state index in [1.807, 2.05) is 36.1 Å². The number of benzene rings is 1. The number of likely N-dealkylation sites (tertiary alicyclic amines) is 1. The molecular weight excluding hydrogens is 264 g/mol. The SMILES string of the molecule is Cc1ccc(OC[C@H](O)CN2CCC(F)(F)CC2)cc1. The molecule has 0 unspecified atom stereocenters. The van der Waals surface area contributed by atoms with Crippen LogP contribution in [-0.4, -0.2) is 48.3 Å². The number of aliphatic hydroxyl groups is 1. The summed E-state index contributed by atoms with van der Waals surface area (Å²) in [6.45, 7) is 3.20. The fraction of sp³-hybridized carbons (Fsp3) is 0.600. The third kappa shape index (κ3) is 4.72. The largest absolute Gasteiger partial charge is 0.491 e. The van der Waals surface area contributed by atoms with E-state index in [1.54, 1.807) is 0 Å². The molecule has 0 aromatic heterocycles. The number of ether oxygens (including phenoxy) is 1. The van der Waals surface area contributed by atoms with Crippen LogP contribution in [-0.2, 0) is 0 Å². The van der Waals surface area contributed by atoms with Crippen LogP contribution in [0.5, 0.6) is 5.75 Å². The maximum absolute atomic E-state index is 13.0. The summed E-state index contributed by atoms with van der Waals surface area (Å²) in [4.78, 5) is 1.86. The third-order valence-electron chi connectivity index (χ3n) is 3.52. The summed E-state index contributed by atoms with van der Waals surface area (Å²) >= 11 is 0. The minimum Gasteiger partial charge on any atom is -0.491 e. The molecular formula is C15H21F2NO2. The molecule has 1 aromatic carbocycles. The Morgan fingerprint density at radius 3 is 2.45 bits per heavy atom. The zero-order chi connectivity index (χ0) is 14.6. The van der Waals surface area contributed by atoms with Crippen LogP contribution < -0.4 is 4.74 Å². The topological polar surface area (TPSA) is 32.7 Å². The van der Waals surface area contributed by atoms with E-state index < -0.39 is 12.0 Å². The van der Waals surface area contributed by atoms with Crippen LogP contribution in [0.15, 0.2) is 24.3 Å².